The number of phenols is 1. The number of aliphatic hydroxyl groups excluding tert-OH is 1. The van der Waals surface area contributed by atoms with Crippen molar-refractivity contribution in [2.24, 2.45) is 11.7 Å². The molecule has 8 N–H and O–H groups in total. The van der Waals surface area contributed by atoms with Crippen molar-refractivity contribution < 1.29 is 34.5 Å². The molecule has 6 atom stereocenters. The molecule has 3 amide bonds. The van der Waals surface area contributed by atoms with Gasteiger partial charge >= 0.3 is 5.97 Å². The van der Waals surface area contributed by atoms with Gasteiger partial charge in [-0.05, 0) is 30.5 Å². The maximum Gasteiger partial charge on any atom is 0.327 e. The molecule has 0 aliphatic heterocycles. The highest BCUT2D eigenvalue weighted by molar-refractivity contribution is 7.80. The first-order valence-electron chi connectivity index (χ1n) is 10.9. The summed E-state index contributed by atoms with van der Waals surface area (Å²) >= 11 is 3.93. The van der Waals surface area contributed by atoms with Crippen LogP contribution in [0.5, 0.6) is 5.75 Å². The molecule has 0 aliphatic carbocycles. The van der Waals surface area contributed by atoms with Gasteiger partial charge in [-0.2, -0.15) is 12.6 Å². The highest BCUT2D eigenvalue weighted by Crippen LogP contribution is 2.13. The lowest BCUT2D eigenvalue weighted by molar-refractivity contribution is -0.141. The topological polar surface area (TPSA) is 191 Å². The third-order valence-corrected chi connectivity index (χ3v) is 5.79. The molecule has 1 aromatic rings. The van der Waals surface area contributed by atoms with Crippen LogP contribution in [0.2, 0.25) is 0 Å². The van der Waals surface area contributed by atoms with Crippen molar-refractivity contribution in [1.29, 1.82) is 0 Å². The molecule has 6 unspecified atom stereocenters. The maximum absolute atomic E-state index is 13.1. The Morgan fingerprint density at radius 2 is 1.53 bits per heavy atom. The van der Waals surface area contributed by atoms with Gasteiger partial charge in [-0.15, -0.1) is 0 Å². The van der Waals surface area contributed by atoms with E-state index in [4.69, 9.17) is 5.73 Å². The van der Waals surface area contributed by atoms with E-state index in [9.17, 15) is 34.5 Å². The summed E-state index contributed by atoms with van der Waals surface area (Å²) < 4.78 is 0. The molecule has 34 heavy (non-hydrogen) atoms. The third-order valence-electron chi connectivity index (χ3n) is 5.42. The maximum atomic E-state index is 13.1. The summed E-state index contributed by atoms with van der Waals surface area (Å²) in [7, 11) is 0. The highest BCUT2D eigenvalue weighted by atomic mass is 32.1. The largest absolute Gasteiger partial charge is 0.508 e. The molecule has 12 heteroatoms. The number of thiol groups is 1. The molecule has 0 heterocycles. The van der Waals surface area contributed by atoms with Crippen molar-refractivity contribution in [2.75, 3.05) is 5.75 Å². The smallest absolute Gasteiger partial charge is 0.327 e. The lowest BCUT2D eigenvalue weighted by atomic mass is 9.96. The number of carboxylic acids is 1. The number of amides is 3. The van der Waals surface area contributed by atoms with Crippen LogP contribution in [0.3, 0.4) is 0 Å². The van der Waals surface area contributed by atoms with Crippen LogP contribution in [0.25, 0.3) is 0 Å². The molecule has 11 nitrogen and oxygen atoms in total. The fourth-order valence-electron chi connectivity index (χ4n) is 2.97. The standard InChI is InChI=1S/C22H34N4O7S/c1-4-11(2)18(26-20(30)17(23)12(3)27)21(31)24-15(9-13-5-7-14(28)8-6-13)19(29)25-16(10-34)22(32)33/h5-8,11-12,15-18,27-28,34H,4,9-10,23H2,1-3H3,(H,24,31)(H,25,29)(H,26,30)(H,32,33). The zero-order chi connectivity index (χ0) is 26.0. The summed E-state index contributed by atoms with van der Waals surface area (Å²) in [5, 5.41) is 35.8. The fourth-order valence-corrected chi connectivity index (χ4v) is 3.21. The molecule has 190 valence electrons. The van der Waals surface area contributed by atoms with Crippen LogP contribution in [-0.4, -0.2) is 75.0 Å². The molecule has 0 bridgehead atoms. The molecule has 0 radical (unpaired) electrons. The number of aliphatic hydroxyl groups is 1. The second-order valence-electron chi connectivity index (χ2n) is 8.15. The van der Waals surface area contributed by atoms with Crippen LogP contribution < -0.4 is 21.7 Å². The predicted octanol–water partition coefficient (Wildman–Crippen LogP) is -0.842. The van der Waals surface area contributed by atoms with Crippen LogP contribution in [-0.2, 0) is 25.6 Å². The molecule has 0 aliphatic rings. The number of rotatable bonds is 13. The summed E-state index contributed by atoms with van der Waals surface area (Å²) in [5.41, 5.74) is 6.26. The second kappa shape index (κ2) is 13.8. The number of benzene rings is 1. The first kappa shape index (κ1) is 29.2. The summed E-state index contributed by atoms with van der Waals surface area (Å²) in [6.45, 7) is 4.90. The van der Waals surface area contributed by atoms with E-state index < -0.39 is 54.0 Å². The number of hydrogen-bond acceptors (Lipinski definition) is 8. The summed E-state index contributed by atoms with van der Waals surface area (Å²) in [4.78, 5) is 49.7. The number of nitrogens with one attached hydrogen (secondary N) is 3. The van der Waals surface area contributed by atoms with Crippen molar-refractivity contribution >= 4 is 36.3 Å². The van der Waals surface area contributed by atoms with Crippen molar-refractivity contribution in [3.63, 3.8) is 0 Å². The summed E-state index contributed by atoms with van der Waals surface area (Å²) in [6.07, 6.45) is -0.633. The molecule has 0 saturated heterocycles. The van der Waals surface area contributed by atoms with Gasteiger partial charge < -0.3 is 37.0 Å². The van der Waals surface area contributed by atoms with Crippen LogP contribution in [0, 0.1) is 5.92 Å². The number of aromatic hydroxyl groups is 1. The number of nitrogens with two attached hydrogens (primary N) is 1. The summed E-state index contributed by atoms with van der Waals surface area (Å²) in [5.74, 6) is -3.92. The Morgan fingerprint density at radius 3 is 2.00 bits per heavy atom. The van der Waals surface area contributed by atoms with Gasteiger partial charge in [-0.25, -0.2) is 4.79 Å². The minimum atomic E-state index is -1.28. The van der Waals surface area contributed by atoms with Crippen LogP contribution in [0.15, 0.2) is 24.3 Å². The number of carbonyl (C=O) groups excluding carboxylic acids is 3. The first-order chi connectivity index (χ1) is 15.9. The predicted molar refractivity (Wildman–Crippen MR) is 128 cm³/mol. The number of carbonyl (C=O) groups is 4. The molecule has 0 aromatic heterocycles. The van der Waals surface area contributed by atoms with Gasteiger partial charge in [0.2, 0.25) is 17.7 Å². The Hall–Kier alpha value is -2.83. The molecule has 0 saturated carbocycles. The van der Waals surface area contributed by atoms with Gasteiger partial charge in [0.05, 0.1) is 6.10 Å². The number of carboxylic acid groups (broad SMARTS) is 1. The van der Waals surface area contributed by atoms with E-state index in [1.165, 1.54) is 19.1 Å². The quantitative estimate of drug-likeness (QED) is 0.161. The Labute approximate surface area is 203 Å². The Kier molecular flexibility index (Phi) is 11.8. The average molecular weight is 499 g/mol. The third kappa shape index (κ3) is 8.84. The van der Waals surface area contributed by atoms with Gasteiger partial charge in [0, 0.05) is 12.2 Å². The minimum absolute atomic E-state index is 0.00881. The monoisotopic (exact) mass is 498 g/mol. The molecule has 1 aromatic carbocycles. The lowest BCUT2D eigenvalue weighted by Gasteiger charge is -2.28. The molecule has 1 rings (SSSR count). The van der Waals surface area contributed by atoms with Crippen molar-refractivity contribution in [2.45, 2.75) is 63.9 Å². The SMILES string of the molecule is CCC(C)C(NC(=O)C(N)C(C)O)C(=O)NC(Cc1ccc(O)cc1)C(=O)NC(CS)C(=O)O. The van der Waals surface area contributed by atoms with E-state index in [-0.39, 0.29) is 23.8 Å². The first-order valence-corrected chi connectivity index (χ1v) is 11.5. The molecule has 0 fully saturated rings. The van der Waals surface area contributed by atoms with E-state index >= 15 is 0 Å². The van der Waals surface area contributed by atoms with Gasteiger partial charge in [0.15, 0.2) is 0 Å². The number of phenolic OH excluding ortho intramolecular Hbond substituents is 1. The molecular formula is C22H34N4O7S. The Morgan fingerprint density at radius 1 is 0.971 bits per heavy atom. The molecule has 0 spiro atoms. The number of aliphatic carboxylic acids is 1. The van der Waals surface area contributed by atoms with Crippen LogP contribution in [0.4, 0.5) is 0 Å². The Bertz CT molecular complexity index is 850. The lowest BCUT2D eigenvalue weighted by Crippen LogP contribution is -2.60. The average Bonchev–Trinajstić information content (AvgIpc) is 2.79. The van der Waals surface area contributed by atoms with Crippen molar-refractivity contribution in [3.8, 4) is 5.75 Å². The minimum Gasteiger partial charge on any atom is -0.508 e. The normalized spacial score (nSPS) is 16.3. The van der Waals surface area contributed by atoms with Gasteiger partial charge in [0.1, 0.15) is 29.9 Å². The van der Waals surface area contributed by atoms with Crippen molar-refractivity contribution in [3.05, 3.63) is 29.8 Å². The van der Waals surface area contributed by atoms with Crippen LogP contribution in [0.1, 0.15) is 32.8 Å². The van der Waals surface area contributed by atoms with Crippen molar-refractivity contribution in [1.82, 2.24) is 16.0 Å². The second-order valence-corrected chi connectivity index (χ2v) is 8.52. The van der Waals surface area contributed by atoms with E-state index in [0.29, 0.717) is 12.0 Å². The fraction of sp³-hybridized carbons (Fsp3) is 0.545. The van der Waals surface area contributed by atoms with E-state index in [1.807, 2.05) is 6.92 Å². The van der Waals surface area contributed by atoms with E-state index in [1.54, 1.807) is 19.1 Å². The Balaban J connectivity index is 3.15. The summed E-state index contributed by atoms with van der Waals surface area (Å²) in [6, 6.07) is 1.19. The van der Waals surface area contributed by atoms with Crippen LogP contribution >= 0.6 is 12.6 Å². The zero-order valence-corrected chi connectivity index (χ0v) is 20.3. The van der Waals surface area contributed by atoms with Gasteiger partial charge in [-0.3, -0.25) is 14.4 Å². The molecular weight excluding hydrogens is 464 g/mol. The van der Waals surface area contributed by atoms with Gasteiger partial charge in [-0.1, -0.05) is 32.4 Å². The van der Waals surface area contributed by atoms with Gasteiger partial charge in [0.25, 0.3) is 0 Å². The van der Waals surface area contributed by atoms with E-state index in [2.05, 4.69) is 28.6 Å². The van der Waals surface area contributed by atoms with E-state index in [0.717, 1.165) is 0 Å². The number of hydrogen-bond donors (Lipinski definition) is 8. The zero-order valence-electron chi connectivity index (χ0n) is 19.4. The highest BCUT2D eigenvalue weighted by Gasteiger charge is 2.33.